The van der Waals surface area contributed by atoms with Gasteiger partial charge in [-0.1, -0.05) is 18.6 Å². The zero-order valence-corrected chi connectivity index (χ0v) is 9.32. The first-order valence-electron chi connectivity index (χ1n) is 5.98. The van der Waals surface area contributed by atoms with Gasteiger partial charge in [-0.15, -0.1) is 0 Å². The van der Waals surface area contributed by atoms with Gasteiger partial charge in [0.25, 0.3) is 0 Å². The van der Waals surface area contributed by atoms with Crippen molar-refractivity contribution in [1.29, 1.82) is 0 Å². The second-order valence-electron chi connectivity index (χ2n) is 4.57. The van der Waals surface area contributed by atoms with Crippen LogP contribution in [-0.2, 0) is 6.54 Å². The van der Waals surface area contributed by atoms with Crippen LogP contribution < -0.4 is 5.32 Å². The summed E-state index contributed by atoms with van der Waals surface area (Å²) in [6, 6.07) is 9.42. The van der Waals surface area contributed by atoms with Crippen LogP contribution in [0.3, 0.4) is 0 Å². The lowest BCUT2D eigenvalue weighted by Gasteiger charge is -2.26. The molecule has 1 aliphatic carbocycles. The van der Waals surface area contributed by atoms with Gasteiger partial charge in [-0.25, -0.2) is 0 Å². The summed E-state index contributed by atoms with van der Waals surface area (Å²) >= 11 is 0. The Bertz CT molecular complexity index is 489. The molecule has 1 N–H and O–H groups in total. The Labute approximate surface area is 95.7 Å². The lowest BCUT2D eigenvalue weighted by Crippen LogP contribution is -2.34. The monoisotopic (exact) mass is 212 g/mol. The number of nitrogens with zero attached hydrogens (tertiary/aromatic N) is 1. The SMILES string of the molecule is c1cc2cc(CNC3CCC3)ccc2cn1. The highest BCUT2D eigenvalue weighted by atomic mass is 14.9. The molecule has 0 atom stereocenters. The summed E-state index contributed by atoms with van der Waals surface area (Å²) in [5, 5.41) is 6.08. The fraction of sp³-hybridized carbons (Fsp3) is 0.357. The first kappa shape index (κ1) is 9.79. The molecule has 2 heteroatoms. The minimum Gasteiger partial charge on any atom is -0.310 e. The van der Waals surface area contributed by atoms with E-state index in [-0.39, 0.29) is 0 Å². The highest BCUT2D eigenvalue weighted by Crippen LogP contribution is 2.19. The van der Waals surface area contributed by atoms with Crippen LogP contribution in [0.15, 0.2) is 36.7 Å². The molecule has 1 fully saturated rings. The molecule has 16 heavy (non-hydrogen) atoms. The van der Waals surface area contributed by atoms with Crippen molar-refractivity contribution in [3.63, 3.8) is 0 Å². The molecule has 82 valence electrons. The van der Waals surface area contributed by atoms with Gasteiger partial charge in [0.05, 0.1) is 0 Å². The quantitative estimate of drug-likeness (QED) is 0.846. The molecule has 0 aliphatic heterocycles. The van der Waals surface area contributed by atoms with Crippen molar-refractivity contribution in [2.45, 2.75) is 31.8 Å². The molecule has 1 saturated carbocycles. The average molecular weight is 212 g/mol. The van der Waals surface area contributed by atoms with Gasteiger partial charge in [-0.3, -0.25) is 4.98 Å². The molecule has 1 heterocycles. The van der Waals surface area contributed by atoms with Crippen LogP contribution in [0.2, 0.25) is 0 Å². The Morgan fingerprint density at radius 2 is 2.12 bits per heavy atom. The number of benzene rings is 1. The lowest BCUT2D eigenvalue weighted by molar-refractivity contribution is 0.338. The number of fused-ring (bicyclic) bond motifs is 1. The van der Waals surface area contributed by atoms with Crippen molar-refractivity contribution in [3.05, 3.63) is 42.2 Å². The minimum absolute atomic E-state index is 0.758. The maximum Gasteiger partial charge on any atom is 0.0346 e. The number of aromatic nitrogens is 1. The van der Waals surface area contributed by atoms with E-state index in [2.05, 4.69) is 34.6 Å². The maximum atomic E-state index is 4.12. The topological polar surface area (TPSA) is 24.9 Å². The standard InChI is InChI=1S/C14H16N2/c1-2-14(3-1)16-9-11-4-5-13-10-15-7-6-12(13)8-11/h4-8,10,14,16H,1-3,9H2. The number of hydrogen-bond donors (Lipinski definition) is 1. The zero-order chi connectivity index (χ0) is 10.8. The van der Waals surface area contributed by atoms with Gasteiger partial charge in [0.2, 0.25) is 0 Å². The van der Waals surface area contributed by atoms with Gasteiger partial charge in [0.1, 0.15) is 0 Å². The fourth-order valence-corrected chi connectivity index (χ4v) is 2.12. The third kappa shape index (κ3) is 1.93. The molecular weight excluding hydrogens is 196 g/mol. The van der Waals surface area contributed by atoms with Crippen LogP contribution in [0, 0.1) is 0 Å². The lowest BCUT2D eigenvalue weighted by atomic mass is 9.93. The first-order chi connectivity index (χ1) is 7.92. The van der Waals surface area contributed by atoms with Crippen LogP contribution in [0.4, 0.5) is 0 Å². The Morgan fingerprint density at radius 3 is 2.94 bits per heavy atom. The largest absolute Gasteiger partial charge is 0.310 e. The molecule has 0 saturated heterocycles. The van der Waals surface area contributed by atoms with Crippen molar-refractivity contribution in [2.75, 3.05) is 0 Å². The minimum atomic E-state index is 0.758. The van der Waals surface area contributed by atoms with Gasteiger partial charge >= 0.3 is 0 Å². The maximum absolute atomic E-state index is 4.12. The molecule has 1 aromatic heterocycles. The second kappa shape index (κ2) is 4.22. The number of rotatable bonds is 3. The van der Waals surface area contributed by atoms with Crippen LogP contribution in [0.25, 0.3) is 10.8 Å². The summed E-state index contributed by atoms with van der Waals surface area (Å²) < 4.78 is 0. The molecule has 0 spiro atoms. The van der Waals surface area contributed by atoms with Crippen molar-refractivity contribution in [1.82, 2.24) is 10.3 Å². The van der Waals surface area contributed by atoms with E-state index in [9.17, 15) is 0 Å². The van der Waals surface area contributed by atoms with Crippen LogP contribution in [0.1, 0.15) is 24.8 Å². The molecule has 3 rings (SSSR count). The Balaban J connectivity index is 1.76. The zero-order valence-electron chi connectivity index (χ0n) is 9.32. The first-order valence-corrected chi connectivity index (χ1v) is 5.98. The van der Waals surface area contributed by atoms with Crippen molar-refractivity contribution in [3.8, 4) is 0 Å². The van der Waals surface area contributed by atoms with Gasteiger partial charge in [-0.05, 0) is 35.9 Å². The van der Waals surface area contributed by atoms with Gasteiger partial charge < -0.3 is 5.32 Å². The Hall–Kier alpha value is -1.41. The fourth-order valence-electron chi connectivity index (χ4n) is 2.12. The normalized spacial score (nSPS) is 16.2. The molecule has 1 aliphatic rings. The van der Waals surface area contributed by atoms with E-state index in [0.29, 0.717) is 0 Å². The molecule has 0 unspecified atom stereocenters. The summed E-state index contributed by atoms with van der Waals surface area (Å²) in [7, 11) is 0. The average Bonchev–Trinajstić information content (AvgIpc) is 2.27. The van der Waals surface area contributed by atoms with Crippen LogP contribution in [-0.4, -0.2) is 11.0 Å². The highest BCUT2D eigenvalue weighted by Gasteiger charge is 2.15. The molecule has 0 bridgehead atoms. The van der Waals surface area contributed by atoms with E-state index in [0.717, 1.165) is 12.6 Å². The van der Waals surface area contributed by atoms with Crippen molar-refractivity contribution < 1.29 is 0 Å². The Morgan fingerprint density at radius 1 is 1.19 bits per heavy atom. The molecule has 2 nitrogen and oxygen atoms in total. The van der Waals surface area contributed by atoms with E-state index in [4.69, 9.17) is 0 Å². The molecule has 2 aromatic rings. The van der Waals surface area contributed by atoms with Gasteiger partial charge in [0, 0.05) is 30.4 Å². The predicted octanol–water partition coefficient (Wildman–Crippen LogP) is 2.88. The number of pyridine rings is 1. The van der Waals surface area contributed by atoms with Gasteiger partial charge in [-0.2, -0.15) is 0 Å². The molecule has 0 amide bonds. The van der Waals surface area contributed by atoms with E-state index < -0.39 is 0 Å². The Kier molecular flexibility index (Phi) is 2.58. The third-order valence-corrected chi connectivity index (χ3v) is 3.41. The van der Waals surface area contributed by atoms with E-state index in [1.165, 1.54) is 35.6 Å². The summed E-state index contributed by atoms with van der Waals surface area (Å²) in [5.74, 6) is 0. The molecule has 0 radical (unpaired) electrons. The summed E-state index contributed by atoms with van der Waals surface area (Å²) in [5.41, 5.74) is 1.37. The van der Waals surface area contributed by atoms with E-state index in [1.807, 2.05) is 12.4 Å². The van der Waals surface area contributed by atoms with Crippen molar-refractivity contribution >= 4 is 10.8 Å². The van der Waals surface area contributed by atoms with E-state index >= 15 is 0 Å². The highest BCUT2D eigenvalue weighted by molar-refractivity contribution is 5.81. The van der Waals surface area contributed by atoms with Crippen LogP contribution in [0.5, 0.6) is 0 Å². The van der Waals surface area contributed by atoms with Crippen LogP contribution >= 0.6 is 0 Å². The summed E-state index contributed by atoms with van der Waals surface area (Å²) in [6.07, 6.45) is 7.85. The van der Waals surface area contributed by atoms with Crippen molar-refractivity contribution in [2.24, 2.45) is 0 Å². The van der Waals surface area contributed by atoms with E-state index in [1.54, 1.807) is 0 Å². The summed E-state index contributed by atoms with van der Waals surface area (Å²) in [4.78, 5) is 4.12. The second-order valence-corrected chi connectivity index (χ2v) is 4.57. The molecular formula is C14H16N2. The smallest absolute Gasteiger partial charge is 0.0346 e. The number of nitrogens with one attached hydrogen (secondary N) is 1. The summed E-state index contributed by atoms with van der Waals surface area (Å²) in [6.45, 7) is 0.989. The number of hydrogen-bond acceptors (Lipinski definition) is 2. The predicted molar refractivity (Wildman–Crippen MR) is 66.2 cm³/mol. The molecule has 1 aromatic carbocycles. The third-order valence-electron chi connectivity index (χ3n) is 3.41. The van der Waals surface area contributed by atoms with Gasteiger partial charge in [0.15, 0.2) is 0 Å².